The van der Waals surface area contributed by atoms with E-state index in [9.17, 15) is 9.59 Å². The van der Waals surface area contributed by atoms with Crippen molar-refractivity contribution in [1.29, 1.82) is 0 Å². The van der Waals surface area contributed by atoms with E-state index in [2.05, 4.69) is 41.2 Å². The van der Waals surface area contributed by atoms with Crippen LogP contribution in [-0.4, -0.2) is 71.1 Å². The van der Waals surface area contributed by atoms with Crippen LogP contribution in [0.5, 0.6) is 0 Å². The fourth-order valence-electron chi connectivity index (χ4n) is 11.3. The van der Waals surface area contributed by atoms with Crippen LogP contribution in [0, 0.1) is 31.4 Å². The molecule has 6 aromatic heterocycles. The molecule has 0 bridgehead atoms. The van der Waals surface area contributed by atoms with Crippen LogP contribution in [0.1, 0.15) is 97.5 Å². The van der Waals surface area contributed by atoms with Gasteiger partial charge in [0.1, 0.15) is 28.4 Å². The molecule has 17 nitrogen and oxygen atoms in total. The van der Waals surface area contributed by atoms with E-state index in [-0.39, 0.29) is 40.1 Å². The molecule has 69 heavy (non-hydrogen) atoms. The van der Waals surface area contributed by atoms with Gasteiger partial charge in [0.2, 0.25) is 0 Å². The molecular formula is C50H48F2N12O5. The molecule has 1 N–H and O–H groups in total. The Labute approximate surface area is 392 Å². The van der Waals surface area contributed by atoms with Crippen molar-refractivity contribution in [3.63, 3.8) is 0 Å². The van der Waals surface area contributed by atoms with E-state index in [1.807, 2.05) is 30.5 Å². The first-order chi connectivity index (χ1) is 33.0. The molecule has 2 aliphatic heterocycles. The summed E-state index contributed by atoms with van der Waals surface area (Å²) in [6, 6.07) is 13.9. The number of carbonyl (C=O) groups is 1. The molecule has 1 amide bonds. The summed E-state index contributed by atoms with van der Waals surface area (Å²) in [5.74, 6) is -1.04. The lowest BCUT2D eigenvalue weighted by Gasteiger charge is -2.35. The average Bonchev–Trinajstić information content (AvgIpc) is 4.04. The summed E-state index contributed by atoms with van der Waals surface area (Å²) >= 11 is 0. The van der Waals surface area contributed by atoms with E-state index < -0.39 is 34.8 Å². The van der Waals surface area contributed by atoms with Crippen molar-refractivity contribution in [3.05, 3.63) is 140 Å². The van der Waals surface area contributed by atoms with Crippen molar-refractivity contribution in [2.45, 2.75) is 83.9 Å². The van der Waals surface area contributed by atoms with Crippen LogP contribution in [0.4, 0.5) is 14.6 Å². The summed E-state index contributed by atoms with van der Waals surface area (Å²) in [6.07, 6.45) is 8.30. The quantitative estimate of drug-likeness (QED) is 0.167. The van der Waals surface area contributed by atoms with Crippen LogP contribution in [-0.2, 0) is 24.4 Å². The van der Waals surface area contributed by atoms with Gasteiger partial charge in [-0.15, -0.1) is 0 Å². The Kier molecular flexibility index (Phi) is 9.07. The van der Waals surface area contributed by atoms with Crippen molar-refractivity contribution >= 4 is 33.5 Å². The molecule has 1 aliphatic carbocycles. The SMILES string of the molecule is Cc1cc(-n2nc3c(c2-n2ccn(-c4ccc5c(cnn5C)c4F)c2=O)[C@H](C)N(C(=O)c2cc4cc([C@H]5CCOC(C)(C)C5)ccc4n2[C@@]2(c4noc(=O)[nH]4)C[C@@H]2C)c2ncn(C)c2-3)cc(C)c1F. The number of imidazole rings is 2. The highest BCUT2D eigenvalue weighted by atomic mass is 19.1. The second-order valence-corrected chi connectivity index (χ2v) is 19.6. The van der Waals surface area contributed by atoms with Gasteiger partial charge in [0.05, 0.1) is 46.4 Å². The number of anilines is 1. The van der Waals surface area contributed by atoms with Gasteiger partial charge >= 0.3 is 11.4 Å². The standard InChI is InChI=1S/C50H48F2N12O5/c1-25-17-32(18-26(2)39(25)51)64-44(61-15-14-60(48(61)67)36-12-11-35-33(40(36)52)23-54-59(35)8)38-28(4)62(43-42(41(38)56-64)58(7)24-53-43)45(65)37-20-31-19-29(30-13-16-68-49(5,6)22-30)9-10-34(31)63(37)50(21-27(50)3)46-55-47(66)69-57-46/h9-12,14-15,17-20,23-24,27-28,30H,13,16,21-22H2,1-8H3,(H,55,57,66)/t27-,28-,30-,50-/m0/s1. The largest absolute Gasteiger partial charge is 0.438 e. The Morgan fingerprint density at radius 1 is 0.928 bits per heavy atom. The molecule has 4 atom stereocenters. The van der Waals surface area contributed by atoms with Crippen molar-refractivity contribution in [3.8, 4) is 28.6 Å². The minimum Gasteiger partial charge on any atom is -0.376 e. The molecule has 3 aliphatic rings. The summed E-state index contributed by atoms with van der Waals surface area (Å²) in [7, 11) is 3.51. The number of carbonyl (C=O) groups excluding carboxylic acids is 1. The maximum atomic E-state index is 16.3. The number of amides is 1. The number of hydrogen-bond donors (Lipinski definition) is 1. The lowest BCUT2D eigenvalue weighted by Crippen LogP contribution is -2.40. The number of aromatic amines is 1. The average molecular weight is 935 g/mol. The highest BCUT2D eigenvalue weighted by molar-refractivity contribution is 6.11. The molecule has 0 radical (unpaired) electrons. The Morgan fingerprint density at radius 3 is 2.38 bits per heavy atom. The van der Waals surface area contributed by atoms with Crippen LogP contribution in [0.25, 0.3) is 50.4 Å². The summed E-state index contributed by atoms with van der Waals surface area (Å²) in [4.78, 5) is 52.8. The normalized spacial score (nSPS) is 20.8. The number of benzene rings is 3. The zero-order valence-electron chi connectivity index (χ0n) is 39.2. The predicted molar refractivity (Wildman–Crippen MR) is 252 cm³/mol. The fourth-order valence-corrected chi connectivity index (χ4v) is 11.3. The molecule has 0 unspecified atom stereocenters. The minimum absolute atomic E-state index is 0.0136. The molecule has 12 rings (SSSR count). The molecular weight excluding hydrogens is 887 g/mol. The van der Waals surface area contributed by atoms with E-state index in [0.29, 0.717) is 69.6 Å². The number of aryl methyl sites for hydroxylation is 4. The van der Waals surface area contributed by atoms with Gasteiger partial charge in [0.25, 0.3) is 5.91 Å². The van der Waals surface area contributed by atoms with Gasteiger partial charge in [0, 0.05) is 49.6 Å². The molecule has 8 heterocycles. The number of hydrogen-bond acceptors (Lipinski definition) is 9. The van der Waals surface area contributed by atoms with Gasteiger partial charge in [0.15, 0.2) is 23.3 Å². The first-order valence-electron chi connectivity index (χ1n) is 23.0. The minimum atomic E-state index is -0.934. The van der Waals surface area contributed by atoms with E-state index >= 15 is 13.6 Å². The Hall–Kier alpha value is -7.67. The summed E-state index contributed by atoms with van der Waals surface area (Å²) in [5.41, 5.74) is 3.56. The van der Waals surface area contributed by atoms with E-state index in [1.54, 1.807) is 71.3 Å². The number of fused-ring (bicyclic) bond motifs is 5. The van der Waals surface area contributed by atoms with E-state index in [1.165, 1.54) is 33.8 Å². The first kappa shape index (κ1) is 42.7. The number of H-pyrrole nitrogens is 1. The Bertz CT molecular complexity index is 3740. The van der Waals surface area contributed by atoms with Gasteiger partial charge in [-0.2, -0.15) is 10.2 Å². The molecule has 1 saturated heterocycles. The van der Waals surface area contributed by atoms with Crippen LogP contribution < -0.4 is 16.3 Å². The summed E-state index contributed by atoms with van der Waals surface area (Å²) in [5, 5.41) is 14.7. The Morgan fingerprint density at radius 2 is 1.67 bits per heavy atom. The van der Waals surface area contributed by atoms with E-state index in [4.69, 9.17) is 19.3 Å². The lowest BCUT2D eigenvalue weighted by molar-refractivity contribution is -0.0592. The monoisotopic (exact) mass is 934 g/mol. The second-order valence-electron chi connectivity index (χ2n) is 19.6. The highest BCUT2D eigenvalue weighted by Crippen LogP contribution is 2.56. The maximum absolute atomic E-state index is 16.3. The third-order valence-electron chi connectivity index (χ3n) is 14.8. The van der Waals surface area contributed by atoms with Crippen molar-refractivity contribution in [2.75, 3.05) is 11.5 Å². The fraction of sp³-hybridized carbons (Fsp3) is 0.340. The number of nitrogens with one attached hydrogen (secondary N) is 1. The molecule has 2 fully saturated rings. The van der Waals surface area contributed by atoms with Crippen LogP contribution in [0.3, 0.4) is 0 Å². The number of ether oxygens (including phenoxy) is 1. The molecule has 352 valence electrons. The maximum Gasteiger partial charge on any atom is 0.438 e. The van der Waals surface area contributed by atoms with E-state index in [0.717, 1.165) is 29.3 Å². The van der Waals surface area contributed by atoms with Crippen molar-refractivity contribution in [1.82, 2.24) is 53.0 Å². The topological polar surface area (TPSA) is 174 Å². The zero-order chi connectivity index (χ0) is 48.2. The summed E-state index contributed by atoms with van der Waals surface area (Å²) < 4.78 is 52.3. The van der Waals surface area contributed by atoms with Gasteiger partial charge in [-0.05, 0) is 125 Å². The second kappa shape index (κ2) is 14.7. The molecule has 0 spiro atoms. The zero-order valence-corrected chi connectivity index (χ0v) is 39.2. The third-order valence-corrected chi connectivity index (χ3v) is 14.8. The number of halogens is 2. The van der Waals surface area contributed by atoms with Gasteiger partial charge in [-0.3, -0.25) is 33.0 Å². The molecule has 1 saturated carbocycles. The molecule has 3 aromatic carbocycles. The third kappa shape index (κ3) is 6.11. The lowest BCUT2D eigenvalue weighted by atomic mass is 9.83. The first-order valence-corrected chi connectivity index (χ1v) is 23.0. The molecule has 19 heteroatoms. The predicted octanol–water partition coefficient (Wildman–Crippen LogP) is 7.80. The highest BCUT2D eigenvalue weighted by Gasteiger charge is 2.59. The van der Waals surface area contributed by atoms with Gasteiger partial charge in [-0.25, -0.2) is 28.0 Å². The van der Waals surface area contributed by atoms with Crippen LogP contribution in [0.15, 0.2) is 87.6 Å². The molecule has 9 aromatic rings. The number of rotatable bonds is 7. The smallest absolute Gasteiger partial charge is 0.376 e. The Balaban J connectivity index is 1.07. The van der Waals surface area contributed by atoms with Crippen molar-refractivity contribution in [2.24, 2.45) is 20.0 Å². The van der Waals surface area contributed by atoms with Crippen LogP contribution in [0.2, 0.25) is 0 Å². The van der Waals surface area contributed by atoms with Crippen molar-refractivity contribution < 1.29 is 22.8 Å². The number of nitrogens with zero attached hydrogens (tertiary/aromatic N) is 11. The van der Waals surface area contributed by atoms with Crippen LogP contribution >= 0.6 is 0 Å². The number of aromatic nitrogens is 11. The van der Waals surface area contributed by atoms with Gasteiger partial charge in [-0.1, -0.05) is 18.1 Å². The van der Waals surface area contributed by atoms with Gasteiger partial charge < -0.3 is 13.9 Å². The summed E-state index contributed by atoms with van der Waals surface area (Å²) in [6.45, 7) is 12.1.